The van der Waals surface area contributed by atoms with Crippen molar-refractivity contribution in [2.45, 2.75) is 18.8 Å². The van der Waals surface area contributed by atoms with Gasteiger partial charge in [0.1, 0.15) is 10.7 Å². The molecule has 5 heteroatoms. The van der Waals surface area contributed by atoms with Crippen molar-refractivity contribution in [2.75, 3.05) is 13.1 Å². The second kappa shape index (κ2) is 4.03. The van der Waals surface area contributed by atoms with Crippen molar-refractivity contribution < 1.29 is 4.42 Å². The molecule has 3 heterocycles. The maximum Gasteiger partial charge on any atom is 0.248 e. The molecule has 1 aliphatic heterocycles. The van der Waals surface area contributed by atoms with Crippen molar-refractivity contribution in [2.24, 2.45) is 0 Å². The summed E-state index contributed by atoms with van der Waals surface area (Å²) < 4.78 is 5.65. The summed E-state index contributed by atoms with van der Waals surface area (Å²) in [7, 11) is 0. The molecule has 3 rings (SSSR count). The summed E-state index contributed by atoms with van der Waals surface area (Å²) in [5.41, 5.74) is 1.33. The Kier molecular flexibility index (Phi) is 2.53. The Balaban J connectivity index is 1.97. The molecule has 0 aliphatic carbocycles. The third-order valence-electron chi connectivity index (χ3n) is 2.93. The fourth-order valence-corrected chi connectivity index (χ4v) is 2.19. The van der Waals surface area contributed by atoms with Crippen LogP contribution in [-0.2, 0) is 0 Å². The van der Waals surface area contributed by atoms with Gasteiger partial charge in [-0.05, 0) is 38.1 Å². The van der Waals surface area contributed by atoms with E-state index in [2.05, 4.69) is 15.3 Å². The lowest BCUT2D eigenvalue weighted by Crippen LogP contribution is -2.26. The van der Waals surface area contributed by atoms with E-state index >= 15 is 0 Å². The van der Waals surface area contributed by atoms with E-state index in [1.165, 1.54) is 0 Å². The number of halogens is 1. The fourth-order valence-electron chi connectivity index (χ4n) is 2.05. The molecular formula is C11H12ClN3O. The summed E-state index contributed by atoms with van der Waals surface area (Å²) in [4.78, 5) is 8.57. The lowest BCUT2D eigenvalue weighted by atomic mass is 9.98. The summed E-state index contributed by atoms with van der Waals surface area (Å²) in [6.45, 7) is 2.05. The molecule has 1 fully saturated rings. The van der Waals surface area contributed by atoms with Gasteiger partial charge in [-0.15, -0.1) is 0 Å². The number of nitrogens with one attached hydrogen (secondary N) is 1. The fraction of sp³-hybridized carbons (Fsp3) is 0.455. The third-order valence-corrected chi connectivity index (χ3v) is 3.14. The van der Waals surface area contributed by atoms with Gasteiger partial charge in [0.25, 0.3) is 0 Å². The molecule has 1 aliphatic rings. The monoisotopic (exact) mass is 237 g/mol. The minimum atomic E-state index is 0.411. The largest absolute Gasteiger partial charge is 0.422 e. The lowest BCUT2D eigenvalue weighted by Gasteiger charge is -2.19. The number of rotatable bonds is 1. The van der Waals surface area contributed by atoms with Crippen molar-refractivity contribution in [3.05, 3.63) is 23.2 Å². The SMILES string of the molecule is Clc1ccc2nc(C3CCNCC3)oc2n1. The molecule has 2 aromatic heterocycles. The number of hydrogen-bond donors (Lipinski definition) is 1. The second-order valence-corrected chi connectivity index (χ2v) is 4.42. The smallest absolute Gasteiger partial charge is 0.248 e. The van der Waals surface area contributed by atoms with E-state index in [1.54, 1.807) is 6.07 Å². The first-order valence-electron chi connectivity index (χ1n) is 5.46. The van der Waals surface area contributed by atoms with Crippen LogP contribution in [0.4, 0.5) is 0 Å². The van der Waals surface area contributed by atoms with Crippen LogP contribution in [0, 0.1) is 0 Å². The molecule has 16 heavy (non-hydrogen) atoms. The Hall–Kier alpha value is -1.13. The van der Waals surface area contributed by atoms with E-state index in [4.69, 9.17) is 16.0 Å². The predicted molar refractivity (Wildman–Crippen MR) is 61.7 cm³/mol. The van der Waals surface area contributed by atoms with Crippen molar-refractivity contribution >= 4 is 22.8 Å². The molecular weight excluding hydrogens is 226 g/mol. The number of nitrogens with zero attached hydrogens (tertiary/aromatic N) is 2. The van der Waals surface area contributed by atoms with E-state index in [0.29, 0.717) is 16.8 Å². The van der Waals surface area contributed by atoms with Crippen molar-refractivity contribution in [3.63, 3.8) is 0 Å². The van der Waals surface area contributed by atoms with Crippen LogP contribution < -0.4 is 5.32 Å². The molecule has 0 aromatic carbocycles. The molecule has 84 valence electrons. The van der Waals surface area contributed by atoms with Gasteiger partial charge in [-0.25, -0.2) is 4.98 Å². The highest BCUT2D eigenvalue weighted by Gasteiger charge is 2.20. The van der Waals surface area contributed by atoms with Crippen LogP contribution in [0.3, 0.4) is 0 Å². The van der Waals surface area contributed by atoms with E-state index in [9.17, 15) is 0 Å². The summed E-state index contributed by atoms with van der Waals surface area (Å²) in [6.07, 6.45) is 2.14. The Bertz CT molecular complexity index is 505. The number of aromatic nitrogens is 2. The summed E-state index contributed by atoms with van der Waals surface area (Å²) in [5, 5.41) is 3.77. The molecule has 0 unspecified atom stereocenters. The Morgan fingerprint density at radius 2 is 2.06 bits per heavy atom. The highest BCUT2D eigenvalue weighted by Crippen LogP contribution is 2.27. The van der Waals surface area contributed by atoms with Gasteiger partial charge in [0.15, 0.2) is 0 Å². The van der Waals surface area contributed by atoms with Gasteiger partial charge in [0, 0.05) is 5.92 Å². The van der Waals surface area contributed by atoms with Gasteiger partial charge in [0.05, 0.1) is 0 Å². The minimum absolute atomic E-state index is 0.411. The minimum Gasteiger partial charge on any atom is -0.422 e. The van der Waals surface area contributed by atoms with E-state index in [1.807, 2.05) is 6.07 Å². The van der Waals surface area contributed by atoms with Crippen LogP contribution in [-0.4, -0.2) is 23.1 Å². The van der Waals surface area contributed by atoms with Crippen LogP contribution in [0.15, 0.2) is 16.5 Å². The zero-order valence-electron chi connectivity index (χ0n) is 8.74. The normalized spacial score (nSPS) is 18.1. The van der Waals surface area contributed by atoms with Crippen LogP contribution in [0.2, 0.25) is 5.15 Å². The molecule has 1 N–H and O–H groups in total. The van der Waals surface area contributed by atoms with E-state index in [-0.39, 0.29) is 0 Å². The average molecular weight is 238 g/mol. The standard InChI is InChI=1S/C11H12ClN3O/c12-9-2-1-8-11(15-9)16-10(14-8)7-3-5-13-6-4-7/h1-2,7,13H,3-6H2. The van der Waals surface area contributed by atoms with Gasteiger partial charge in [-0.2, -0.15) is 4.98 Å². The highest BCUT2D eigenvalue weighted by atomic mass is 35.5. The first-order chi connectivity index (χ1) is 7.83. The third kappa shape index (κ3) is 1.79. The van der Waals surface area contributed by atoms with Gasteiger partial charge < -0.3 is 9.73 Å². The molecule has 0 atom stereocenters. The number of fused-ring (bicyclic) bond motifs is 1. The average Bonchev–Trinajstić information content (AvgIpc) is 2.73. The van der Waals surface area contributed by atoms with Crippen LogP contribution in [0.1, 0.15) is 24.7 Å². The topological polar surface area (TPSA) is 51.0 Å². The van der Waals surface area contributed by atoms with Crippen LogP contribution in [0.25, 0.3) is 11.2 Å². The predicted octanol–water partition coefficient (Wildman–Crippen LogP) is 2.34. The molecule has 0 spiro atoms. The van der Waals surface area contributed by atoms with Gasteiger partial charge in [-0.1, -0.05) is 11.6 Å². The molecule has 4 nitrogen and oxygen atoms in total. The zero-order valence-corrected chi connectivity index (χ0v) is 9.50. The molecule has 0 radical (unpaired) electrons. The van der Waals surface area contributed by atoms with E-state index < -0.39 is 0 Å². The van der Waals surface area contributed by atoms with Gasteiger partial charge >= 0.3 is 0 Å². The zero-order chi connectivity index (χ0) is 11.0. The molecule has 1 saturated heterocycles. The summed E-state index contributed by atoms with van der Waals surface area (Å²) in [5.74, 6) is 1.21. The molecule has 2 aromatic rings. The number of piperidine rings is 1. The Labute approximate surface area is 98.0 Å². The molecule has 0 saturated carbocycles. The maximum absolute atomic E-state index is 5.80. The van der Waals surface area contributed by atoms with Crippen molar-refractivity contribution in [1.82, 2.24) is 15.3 Å². The number of pyridine rings is 1. The highest BCUT2D eigenvalue weighted by molar-refractivity contribution is 6.29. The number of hydrogen-bond acceptors (Lipinski definition) is 4. The first-order valence-corrected chi connectivity index (χ1v) is 5.84. The van der Waals surface area contributed by atoms with Crippen LogP contribution in [0.5, 0.6) is 0 Å². The number of oxazole rings is 1. The van der Waals surface area contributed by atoms with Gasteiger partial charge in [-0.3, -0.25) is 0 Å². The second-order valence-electron chi connectivity index (χ2n) is 4.03. The van der Waals surface area contributed by atoms with Gasteiger partial charge in [0.2, 0.25) is 11.6 Å². The molecule has 0 bridgehead atoms. The van der Waals surface area contributed by atoms with Crippen LogP contribution >= 0.6 is 11.6 Å². The van der Waals surface area contributed by atoms with Crippen molar-refractivity contribution in [3.8, 4) is 0 Å². The first kappa shape index (κ1) is 10.1. The lowest BCUT2D eigenvalue weighted by molar-refractivity contribution is 0.383. The Morgan fingerprint density at radius 3 is 2.88 bits per heavy atom. The summed E-state index contributed by atoms with van der Waals surface area (Å²) >= 11 is 5.80. The van der Waals surface area contributed by atoms with Crippen molar-refractivity contribution in [1.29, 1.82) is 0 Å². The van der Waals surface area contributed by atoms with E-state index in [0.717, 1.165) is 37.3 Å². The Morgan fingerprint density at radius 1 is 1.25 bits per heavy atom. The maximum atomic E-state index is 5.80. The quantitative estimate of drug-likeness (QED) is 0.774. The molecule has 0 amide bonds. The summed E-state index contributed by atoms with van der Waals surface area (Å²) in [6, 6.07) is 3.58.